The first-order chi connectivity index (χ1) is 7.56. The second-order valence-electron chi connectivity index (χ2n) is 3.25. The molecular weight excluding hydrogens is 216 g/mol. The maximum Gasteiger partial charge on any atom is 0.165 e. The molecule has 0 fully saturated rings. The summed E-state index contributed by atoms with van der Waals surface area (Å²) < 4.78 is 32.7. The molecule has 6 heteroatoms. The lowest BCUT2D eigenvalue weighted by Crippen LogP contribution is -1.96. The summed E-state index contributed by atoms with van der Waals surface area (Å²) in [6.07, 6.45) is 2.98. The number of nitrogen functional groups attached to an aromatic ring is 1. The van der Waals surface area contributed by atoms with Crippen molar-refractivity contribution in [2.24, 2.45) is 7.05 Å². The summed E-state index contributed by atoms with van der Waals surface area (Å²) in [6, 6.07) is 1.72. The van der Waals surface area contributed by atoms with E-state index in [1.165, 1.54) is 10.9 Å². The molecule has 0 amide bonds. The normalized spacial score (nSPS) is 10.4. The first-order valence-electron chi connectivity index (χ1n) is 4.47. The summed E-state index contributed by atoms with van der Waals surface area (Å²) in [5, 5.41) is 3.85. The Kier molecular flexibility index (Phi) is 2.47. The maximum absolute atomic E-state index is 13.1. The van der Waals surface area contributed by atoms with Crippen LogP contribution in [0.25, 0.3) is 0 Å². The van der Waals surface area contributed by atoms with Gasteiger partial charge in [-0.05, 0) is 0 Å². The summed E-state index contributed by atoms with van der Waals surface area (Å²) in [4.78, 5) is 0. The molecule has 2 N–H and O–H groups in total. The number of ether oxygens (including phenoxy) is 1. The minimum Gasteiger partial charge on any atom is -0.452 e. The van der Waals surface area contributed by atoms with Crippen molar-refractivity contribution < 1.29 is 13.5 Å². The predicted molar refractivity (Wildman–Crippen MR) is 54.1 cm³/mol. The zero-order valence-corrected chi connectivity index (χ0v) is 8.45. The summed E-state index contributed by atoms with van der Waals surface area (Å²) in [5.41, 5.74) is 5.18. The number of nitrogens with zero attached hydrogens (tertiary/aromatic N) is 2. The van der Waals surface area contributed by atoms with Crippen LogP contribution in [0.5, 0.6) is 11.5 Å². The zero-order valence-electron chi connectivity index (χ0n) is 8.45. The number of aryl methyl sites for hydroxylation is 1. The summed E-state index contributed by atoms with van der Waals surface area (Å²) >= 11 is 0. The van der Waals surface area contributed by atoms with E-state index in [1.807, 2.05) is 0 Å². The van der Waals surface area contributed by atoms with Gasteiger partial charge in [0.15, 0.2) is 17.3 Å². The average Bonchev–Trinajstić information content (AvgIpc) is 2.60. The van der Waals surface area contributed by atoms with Crippen molar-refractivity contribution in [3.8, 4) is 11.5 Å². The molecule has 0 spiro atoms. The fraction of sp³-hybridized carbons (Fsp3) is 0.100. The number of nitrogens with two attached hydrogens (primary N) is 1. The molecule has 0 bridgehead atoms. The molecule has 1 aromatic heterocycles. The highest BCUT2D eigenvalue weighted by Crippen LogP contribution is 2.29. The van der Waals surface area contributed by atoms with E-state index < -0.39 is 11.6 Å². The molecule has 1 aromatic carbocycles. The van der Waals surface area contributed by atoms with Gasteiger partial charge in [0.1, 0.15) is 11.5 Å². The van der Waals surface area contributed by atoms with Crippen molar-refractivity contribution in [1.29, 1.82) is 0 Å². The van der Waals surface area contributed by atoms with Gasteiger partial charge in [-0.2, -0.15) is 5.10 Å². The molecule has 2 rings (SSSR count). The first kappa shape index (κ1) is 10.4. The molecule has 0 aliphatic heterocycles. The minimum absolute atomic E-state index is 0.0644. The maximum atomic E-state index is 13.1. The highest BCUT2D eigenvalue weighted by atomic mass is 19.1. The Balaban J connectivity index is 2.34. The first-order valence-corrected chi connectivity index (χ1v) is 4.47. The number of hydrogen-bond donors (Lipinski definition) is 1. The van der Waals surface area contributed by atoms with E-state index in [2.05, 4.69) is 5.10 Å². The lowest BCUT2D eigenvalue weighted by Gasteiger charge is -2.06. The van der Waals surface area contributed by atoms with Crippen molar-refractivity contribution in [3.63, 3.8) is 0 Å². The highest BCUT2D eigenvalue weighted by molar-refractivity contribution is 5.54. The van der Waals surface area contributed by atoms with Crippen LogP contribution in [-0.4, -0.2) is 9.78 Å². The van der Waals surface area contributed by atoms with Crippen molar-refractivity contribution in [3.05, 3.63) is 36.2 Å². The number of anilines is 1. The molecule has 0 radical (unpaired) electrons. The van der Waals surface area contributed by atoms with Gasteiger partial charge in [-0.1, -0.05) is 0 Å². The zero-order chi connectivity index (χ0) is 11.7. The summed E-state index contributed by atoms with van der Waals surface area (Å²) in [6.45, 7) is 0. The Morgan fingerprint density at radius 3 is 2.75 bits per heavy atom. The lowest BCUT2D eigenvalue weighted by atomic mass is 10.3. The van der Waals surface area contributed by atoms with Gasteiger partial charge in [0, 0.05) is 19.2 Å². The second-order valence-corrected chi connectivity index (χ2v) is 3.25. The van der Waals surface area contributed by atoms with E-state index in [4.69, 9.17) is 10.5 Å². The molecule has 1 heterocycles. The number of halogens is 2. The van der Waals surface area contributed by atoms with Crippen LogP contribution in [0, 0.1) is 11.6 Å². The van der Waals surface area contributed by atoms with Crippen molar-refractivity contribution in [1.82, 2.24) is 9.78 Å². The molecule has 16 heavy (non-hydrogen) atoms. The Morgan fingerprint density at radius 2 is 2.12 bits per heavy atom. The number of rotatable bonds is 2. The molecule has 0 atom stereocenters. The van der Waals surface area contributed by atoms with Gasteiger partial charge in [-0.15, -0.1) is 0 Å². The predicted octanol–water partition coefficient (Wildman–Crippen LogP) is 2.07. The number of hydrogen-bond acceptors (Lipinski definition) is 3. The fourth-order valence-corrected chi connectivity index (χ4v) is 1.22. The minimum atomic E-state index is -0.848. The van der Waals surface area contributed by atoms with E-state index >= 15 is 0 Å². The summed E-state index contributed by atoms with van der Waals surface area (Å²) in [7, 11) is 1.70. The SMILES string of the molecule is Cn1cc(Oc2cc(F)cc(F)c2N)cn1. The van der Waals surface area contributed by atoms with Crippen LogP contribution in [0.2, 0.25) is 0 Å². The Labute approximate surface area is 90.2 Å². The van der Waals surface area contributed by atoms with Crippen LogP contribution in [-0.2, 0) is 7.05 Å². The smallest absolute Gasteiger partial charge is 0.165 e. The molecule has 0 aliphatic carbocycles. The van der Waals surface area contributed by atoms with Gasteiger partial charge < -0.3 is 10.5 Å². The van der Waals surface area contributed by atoms with Crippen molar-refractivity contribution in [2.75, 3.05) is 5.73 Å². The van der Waals surface area contributed by atoms with Gasteiger partial charge in [0.05, 0.1) is 12.4 Å². The lowest BCUT2D eigenvalue weighted by molar-refractivity contribution is 0.471. The van der Waals surface area contributed by atoms with Gasteiger partial charge in [-0.25, -0.2) is 8.78 Å². The Morgan fingerprint density at radius 1 is 1.38 bits per heavy atom. The monoisotopic (exact) mass is 225 g/mol. The quantitative estimate of drug-likeness (QED) is 0.796. The molecule has 4 nitrogen and oxygen atoms in total. The molecule has 0 unspecified atom stereocenters. The van der Waals surface area contributed by atoms with Crippen LogP contribution in [0.3, 0.4) is 0 Å². The van der Waals surface area contributed by atoms with Crippen LogP contribution in [0.4, 0.5) is 14.5 Å². The van der Waals surface area contributed by atoms with Crippen molar-refractivity contribution >= 4 is 5.69 Å². The Bertz CT molecular complexity index is 525. The van der Waals surface area contributed by atoms with E-state index in [0.29, 0.717) is 11.8 Å². The molecule has 84 valence electrons. The van der Waals surface area contributed by atoms with E-state index in [0.717, 1.165) is 6.07 Å². The van der Waals surface area contributed by atoms with Crippen LogP contribution >= 0.6 is 0 Å². The topological polar surface area (TPSA) is 53.1 Å². The van der Waals surface area contributed by atoms with Crippen LogP contribution in [0.1, 0.15) is 0 Å². The molecule has 2 aromatic rings. The van der Waals surface area contributed by atoms with E-state index in [9.17, 15) is 8.78 Å². The van der Waals surface area contributed by atoms with E-state index in [-0.39, 0.29) is 11.4 Å². The Hall–Kier alpha value is -2.11. The molecule has 0 aliphatic rings. The third kappa shape index (κ3) is 1.95. The largest absolute Gasteiger partial charge is 0.452 e. The standard InChI is InChI=1S/C10H9F2N3O/c1-15-5-7(4-14-15)16-9-3-6(11)2-8(12)10(9)13/h2-5H,13H2,1H3. The van der Waals surface area contributed by atoms with Gasteiger partial charge in [0.25, 0.3) is 0 Å². The molecular formula is C10H9F2N3O. The molecule has 0 saturated heterocycles. The number of aromatic nitrogens is 2. The highest BCUT2D eigenvalue weighted by Gasteiger charge is 2.10. The molecule has 0 saturated carbocycles. The van der Waals surface area contributed by atoms with Gasteiger partial charge >= 0.3 is 0 Å². The van der Waals surface area contributed by atoms with Crippen LogP contribution in [0.15, 0.2) is 24.5 Å². The fourth-order valence-electron chi connectivity index (χ4n) is 1.22. The van der Waals surface area contributed by atoms with E-state index in [1.54, 1.807) is 13.2 Å². The van der Waals surface area contributed by atoms with Crippen LogP contribution < -0.4 is 10.5 Å². The van der Waals surface area contributed by atoms with Gasteiger partial charge in [-0.3, -0.25) is 4.68 Å². The third-order valence-electron chi connectivity index (χ3n) is 1.97. The average molecular weight is 225 g/mol. The number of benzene rings is 1. The van der Waals surface area contributed by atoms with Gasteiger partial charge in [0.2, 0.25) is 0 Å². The second kappa shape index (κ2) is 3.80. The third-order valence-corrected chi connectivity index (χ3v) is 1.97. The van der Waals surface area contributed by atoms with Crippen molar-refractivity contribution in [2.45, 2.75) is 0 Å². The summed E-state index contributed by atoms with van der Waals surface area (Å²) in [5.74, 6) is -1.30.